The number of benzene rings is 2. The molecule has 0 aliphatic carbocycles. The van der Waals surface area contributed by atoms with E-state index in [0.29, 0.717) is 24.7 Å². The monoisotopic (exact) mass is 274 g/mol. The number of fused-ring (bicyclic) bond motifs is 1. The molecule has 3 N–H and O–H groups in total. The highest BCUT2D eigenvalue weighted by Crippen LogP contribution is 2.34. The highest BCUT2D eigenvalue weighted by molar-refractivity contribution is 5.73. The van der Waals surface area contributed by atoms with Gasteiger partial charge in [0, 0.05) is 18.2 Å². The number of rotatable bonds is 2. The van der Waals surface area contributed by atoms with Crippen molar-refractivity contribution in [3.05, 3.63) is 42.2 Å². The van der Waals surface area contributed by atoms with E-state index < -0.39 is 5.82 Å². The summed E-state index contributed by atoms with van der Waals surface area (Å²) >= 11 is 0. The molecular formula is C15H15FN2O2. The number of hydrogen-bond acceptors (Lipinski definition) is 4. The van der Waals surface area contributed by atoms with Gasteiger partial charge in [-0.2, -0.15) is 0 Å². The van der Waals surface area contributed by atoms with Crippen LogP contribution >= 0.6 is 0 Å². The number of para-hydroxylation sites is 1. The highest BCUT2D eigenvalue weighted by Gasteiger charge is 2.11. The lowest BCUT2D eigenvalue weighted by Crippen LogP contribution is -1.99. The topological polar surface area (TPSA) is 56.5 Å². The molecule has 104 valence electrons. The Morgan fingerprint density at radius 1 is 1.05 bits per heavy atom. The van der Waals surface area contributed by atoms with Crippen LogP contribution in [0.3, 0.4) is 0 Å². The van der Waals surface area contributed by atoms with Crippen molar-refractivity contribution in [1.29, 1.82) is 0 Å². The average molecular weight is 274 g/mol. The number of halogens is 1. The molecular weight excluding hydrogens is 259 g/mol. The molecule has 1 aliphatic rings. The Balaban J connectivity index is 1.88. The molecule has 3 rings (SSSR count). The van der Waals surface area contributed by atoms with Gasteiger partial charge in [-0.05, 0) is 24.3 Å². The zero-order valence-corrected chi connectivity index (χ0v) is 10.9. The second-order valence-electron chi connectivity index (χ2n) is 4.54. The summed E-state index contributed by atoms with van der Waals surface area (Å²) in [6, 6.07) is 10.2. The van der Waals surface area contributed by atoms with E-state index in [1.165, 1.54) is 6.07 Å². The van der Waals surface area contributed by atoms with Gasteiger partial charge in [0.05, 0.1) is 24.6 Å². The predicted molar refractivity (Wildman–Crippen MR) is 76.1 cm³/mol. The van der Waals surface area contributed by atoms with Crippen LogP contribution in [0.15, 0.2) is 36.4 Å². The van der Waals surface area contributed by atoms with Crippen molar-refractivity contribution in [3.63, 3.8) is 0 Å². The van der Waals surface area contributed by atoms with Gasteiger partial charge in [0.15, 0.2) is 11.5 Å². The lowest BCUT2D eigenvalue weighted by Gasteiger charge is -2.12. The second-order valence-corrected chi connectivity index (χ2v) is 4.54. The van der Waals surface area contributed by atoms with Crippen LogP contribution in [0.5, 0.6) is 11.5 Å². The fourth-order valence-corrected chi connectivity index (χ4v) is 2.04. The lowest BCUT2D eigenvalue weighted by molar-refractivity contribution is 0.297. The van der Waals surface area contributed by atoms with E-state index in [2.05, 4.69) is 5.32 Å². The van der Waals surface area contributed by atoms with Gasteiger partial charge in [-0.1, -0.05) is 6.07 Å². The minimum Gasteiger partial charge on any atom is -0.490 e. The summed E-state index contributed by atoms with van der Waals surface area (Å²) in [4.78, 5) is 0. The van der Waals surface area contributed by atoms with E-state index in [9.17, 15) is 4.39 Å². The molecule has 0 amide bonds. The molecule has 0 spiro atoms. The Labute approximate surface area is 116 Å². The highest BCUT2D eigenvalue weighted by atomic mass is 19.1. The fraction of sp³-hybridized carbons (Fsp3) is 0.200. The summed E-state index contributed by atoms with van der Waals surface area (Å²) in [5.41, 5.74) is 7.09. The summed E-state index contributed by atoms with van der Waals surface area (Å²) in [5.74, 6) is 0.965. The SMILES string of the molecule is Nc1c(F)cccc1Nc1ccc2c(c1)OCCCO2. The zero-order chi connectivity index (χ0) is 13.9. The molecule has 0 radical (unpaired) electrons. The standard InChI is InChI=1S/C15H15FN2O2/c16-11-3-1-4-12(15(11)17)18-10-5-6-13-14(9-10)20-8-2-7-19-13/h1,3-6,9,18H,2,7-8,17H2. The quantitative estimate of drug-likeness (QED) is 0.825. The van der Waals surface area contributed by atoms with E-state index in [0.717, 1.165) is 17.9 Å². The van der Waals surface area contributed by atoms with Gasteiger partial charge < -0.3 is 20.5 Å². The number of anilines is 3. The number of nitrogens with one attached hydrogen (secondary N) is 1. The maximum absolute atomic E-state index is 13.4. The molecule has 0 atom stereocenters. The zero-order valence-electron chi connectivity index (χ0n) is 10.9. The van der Waals surface area contributed by atoms with Gasteiger partial charge in [-0.15, -0.1) is 0 Å². The summed E-state index contributed by atoms with van der Waals surface area (Å²) in [6.07, 6.45) is 0.855. The molecule has 0 aromatic heterocycles. The third-order valence-corrected chi connectivity index (χ3v) is 3.08. The van der Waals surface area contributed by atoms with Crippen LogP contribution in [-0.2, 0) is 0 Å². The van der Waals surface area contributed by atoms with E-state index in [4.69, 9.17) is 15.2 Å². The third-order valence-electron chi connectivity index (χ3n) is 3.08. The molecule has 0 unspecified atom stereocenters. The number of nitrogen functional groups attached to an aromatic ring is 1. The minimum absolute atomic E-state index is 0.0969. The summed E-state index contributed by atoms with van der Waals surface area (Å²) < 4.78 is 24.6. The van der Waals surface area contributed by atoms with Gasteiger partial charge in [-0.25, -0.2) is 4.39 Å². The lowest BCUT2D eigenvalue weighted by atomic mass is 10.2. The van der Waals surface area contributed by atoms with E-state index >= 15 is 0 Å². The molecule has 1 heterocycles. The van der Waals surface area contributed by atoms with Crippen LogP contribution in [0.2, 0.25) is 0 Å². The van der Waals surface area contributed by atoms with Gasteiger partial charge in [0.1, 0.15) is 5.82 Å². The Hall–Kier alpha value is -2.43. The molecule has 0 fully saturated rings. The first kappa shape index (κ1) is 12.6. The summed E-state index contributed by atoms with van der Waals surface area (Å²) in [6.45, 7) is 1.27. The van der Waals surface area contributed by atoms with Gasteiger partial charge in [0.25, 0.3) is 0 Å². The van der Waals surface area contributed by atoms with E-state index in [1.807, 2.05) is 18.2 Å². The predicted octanol–water partition coefficient (Wildman–Crippen LogP) is 3.31. The number of nitrogens with two attached hydrogens (primary N) is 1. The Morgan fingerprint density at radius 2 is 1.85 bits per heavy atom. The van der Waals surface area contributed by atoms with Crippen molar-refractivity contribution in [3.8, 4) is 11.5 Å². The van der Waals surface area contributed by atoms with Crippen LogP contribution < -0.4 is 20.5 Å². The molecule has 4 nitrogen and oxygen atoms in total. The van der Waals surface area contributed by atoms with Crippen LogP contribution in [0.4, 0.5) is 21.5 Å². The van der Waals surface area contributed by atoms with Crippen molar-refractivity contribution in [2.24, 2.45) is 0 Å². The smallest absolute Gasteiger partial charge is 0.163 e. The van der Waals surface area contributed by atoms with Crippen molar-refractivity contribution in [2.75, 3.05) is 24.3 Å². The maximum atomic E-state index is 13.4. The van der Waals surface area contributed by atoms with Crippen molar-refractivity contribution >= 4 is 17.1 Å². The first-order valence-corrected chi connectivity index (χ1v) is 6.45. The van der Waals surface area contributed by atoms with E-state index in [-0.39, 0.29) is 5.69 Å². The Kier molecular flexibility index (Phi) is 3.33. The maximum Gasteiger partial charge on any atom is 0.163 e. The van der Waals surface area contributed by atoms with Crippen LogP contribution in [0.1, 0.15) is 6.42 Å². The van der Waals surface area contributed by atoms with Crippen molar-refractivity contribution in [2.45, 2.75) is 6.42 Å². The minimum atomic E-state index is -0.440. The Bertz CT molecular complexity index is 631. The van der Waals surface area contributed by atoms with Crippen LogP contribution in [0, 0.1) is 5.82 Å². The van der Waals surface area contributed by atoms with Crippen molar-refractivity contribution < 1.29 is 13.9 Å². The molecule has 0 saturated carbocycles. The van der Waals surface area contributed by atoms with Gasteiger partial charge in [-0.3, -0.25) is 0 Å². The molecule has 0 bridgehead atoms. The average Bonchev–Trinajstić information content (AvgIpc) is 2.69. The molecule has 5 heteroatoms. The third kappa shape index (κ3) is 2.47. The van der Waals surface area contributed by atoms with Crippen LogP contribution in [0.25, 0.3) is 0 Å². The Morgan fingerprint density at radius 3 is 2.70 bits per heavy atom. The first-order chi connectivity index (χ1) is 9.74. The molecule has 2 aromatic carbocycles. The van der Waals surface area contributed by atoms with Crippen molar-refractivity contribution in [1.82, 2.24) is 0 Å². The van der Waals surface area contributed by atoms with Gasteiger partial charge >= 0.3 is 0 Å². The summed E-state index contributed by atoms with van der Waals surface area (Å²) in [5, 5.41) is 3.08. The molecule has 20 heavy (non-hydrogen) atoms. The van der Waals surface area contributed by atoms with E-state index in [1.54, 1.807) is 12.1 Å². The van der Waals surface area contributed by atoms with Crippen LogP contribution in [-0.4, -0.2) is 13.2 Å². The number of ether oxygens (including phenoxy) is 2. The fourth-order valence-electron chi connectivity index (χ4n) is 2.04. The molecule has 1 aliphatic heterocycles. The number of hydrogen-bond donors (Lipinski definition) is 2. The summed E-state index contributed by atoms with van der Waals surface area (Å²) in [7, 11) is 0. The molecule has 2 aromatic rings. The second kappa shape index (κ2) is 5.28. The first-order valence-electron chi connectivity index (χ1n) is 6.45. The largest absolute Gasteiger partial charge is 0.490 e. The van der Waals surface area contributed by atoms with Gasteiger partial charge in [0.2, 0.25) is 0 Å². The molecule has 0 saturated heterocycles. The normalized spacial score (nSPS) is 13.7.